The molecule has 10 aromatic rings. The third kappa shape index (κ3) is 4.16. The summed E-state index contributed by atoms with van der Waals surface area (Å²) in [6.45, 7) is 9.41. The van der Waals surface area contributed by atoms with Gasteiger partial charge in [0.2, 0.25) is 0 Å². The number of furan rings is 1. The zero-order chi connectivity index (χ0) is 37.5. The number of fused-ring (bicyclic) bond motifs is 13. The van der Waals surface area contributed by atoms with E-state index in [1.807, 2.05) is 0 Å². The zero-order valence-electron chi connectivity index (χ0n) is 31.9. The van der Waals surface area contributed by atoms with Gasteiger partial charge in [0.15, 0.2) is 0 Å². The van der Waals surface area contributed by atoms with Crippen LogP contribution in [0.2, 0.25) is 0 Å². The molecular formula is C54H39NO. The second kappa shape index (κ2) is 11.0. The molecule has 0 spiro atoms. The van der Waals surface area contributed by atoms with Gasteiger partial charge in [0.05, 0.1) is 11.0 Å². The van der Waals surface area contributed by atoms with Gasteiger partial charge in [-0.1, -0.05) is 143 Å². The molecule has 12 rings (SSSR count). The lowest BCUT2D eigenvalue weighted by Gasteiger charge is -2.22. The van der Waals surface area contributed by atoms with Crippen molar-refractivity contribution in [2.45, 2.75) is 38.5 Å². The van der Waals surface area contributed by atoms with Gasteiger partial charge in [0.1, 0.15) is 11.2 Å². The number of para-hydroxylation sites is 1. The Morgan fingerprint density at radius 3 is 1.80 bits per heavy atom. The van der Waals surface area contributed by atoms with E-state index < -0.39 is 0 Å². The molecule has 2 aromatic heterocycles. The lowest BCUT2D eigenvalue weighted by atomic mass is 9.82. The highest BCUT2D eigenvalue weighted by molar-refractivity contribution is 6.13. The first-order valence-corrected chi connectivity index (χ1v) is 19.8. The average molecular weight is 718 g/mol. The predicted molar refractivity (Wildman–Crippen MR) is 234 cm³/mol. The van der Waals surface area contributed by atoms with Crippen molar-refractivity contribution in [3.8, 4) is 50.2 Å². The lowest BCUT2D eigenvalue weighted by Crippen LogP contribution is -2.15. The number of rotatable bonds is 3. The third-order valence-corrected chi connectivity index (χ3v) is 13.2. The number of nitrogens with zero attached hydrogens (tertiary/aromatic N) is 1. The monoisotopic (exact) mass is 717 g/mol. The Hall–Kier alpha value is -6.64. The standard InChI is InChI=1S/C54H39NO/c1-53(2)45-24-18-34(30-43(45)51-46(53)25-23-40-39-15-9-11-17-50(39)56-52(40)51)35-20-27-49-42(29-35)41-28-33(32-12-6-5-7-13-32)19-26-48(41)55(49)36-21-22-38-37-14-8-10-16-44(37)54(3,4)47(38)31-36/h5-31H,1-4H3. The minimum Gasteiger partial charge on any atom is -0.455 e. The average Bonchev–Trinajstić information content (AvgIpc) is 3.91. The van der Waals surface area contributed by atoms with Crippen LogP contribution in [-0.4, -0.2) is 4.57 Å². The van der Waals surface area contributed by atoms with Gasteiger partial charge in [-0.2, -0.15) is 0 Å². The van der Waals surface area contributed by atoms with Gasteiger partial charge in [-0.25, -0.2) is 0 Å². The number of aromatic nitrogens is 1. The van der Waals surface area contributed by atoms with Gasteiger partial charge in [0.25, 0.3) is 0 Å². The molecule has 0 bridgehead atoms. The van der Waals surface area contributed by atoms with Crippen molar-refractivity contribution in [3.63, 3.8) is 0 Å². The van der Waals surface area contributed by atoms with Crippen molar-refractivity contribution >= 4 is 43.7 Å². The maximum atomic E-state index is 6.65. The zero-order valence-corrected chi connectivity index (χ0v) is 31.9. The van der Waals surface area contributed by atoms with Gasteiger partial charge in [0, 0.05) is 43.6 Å². The normalized spacial score (nSPS) is 14.7. The summed E-state index contributed by atoms with van der Waals surface area (Å²) in [5, 5.41) is 4.85. The molecule has 2 aliphatic carbocycles. The molecule has 56 heavy (non-hydrogen) atoms. The highest BCUT2D eigenvalue weighted by Gasteiger charge is 2.38. The van der Waals surface area contributed by atoms with E-state index in [4.69, 9.17) is 4.42 Å². The topological polar surface area (TPSA) is 18.1 Å². The highest BCUT2D eigenvalue weighted by atomic mass is 16.3. The van der Waals surface area contributed by atoms with E-state index in [-0.39, 0.29) is 10.8 Å². The SMILES string of the molecule is CC1(C)c2ccccc2-c2ccc(-n3c4ccc(-c5ccccc5)cc4c4cc(-c5ccc6c(c5)-c5c(ccc7c5oc5ccccc57)C6(C)C)ccc43)cc21. The summed E-state index contributed by atoms with van der Waals surface area (Å²) in [5.74, 6) is 0. The van der Waals surface area contributed by atoms with E-state index in [1.165, 1.54) is 105 Å². The summed E-state index contributed by atoms with van der Waals surface area (Å²) in [4.78, 5) is 0. The largest absolute Gasteiger partial charge is 0.455 e. The Morgan fingerprint density at radius 2 is 1.00 bits per heavy atom. The summed E-state index contributed by atoms with van der Waals surface area (Å²) < 4.78 is 9.12. The molecule has 8 aromatic carbocycles. The third-order valence-electron chi connectivity index (χ3n) is 13.2. The molecule has 0 aliphatic heterocycles. The van der Waals surface area contributed by atoms with Crippen molar-refractivity contribution < 1.29 is 4.42 Å². The molecule has 0 fully saturated rings. The highest BCUT2D eigenvalue weighted by Crippen LogP contribution is 2.54. The lowest BCUT2D eigenvalue weighted by molar-refractivity contribution is 0.653. The number of benzene rings is 8. The van der Waals surface area contributed by atoms with Crippen LogP contribution >= 0.6 is 0 Å². The summed E-state index contributed by atoms with van der Waals surface area (Å²) in [6.07, 6.45) is 0. The second-order valence-electron chi connectivity index (χ2n) is 16.9. The van der Waals surface area contributed by atoms with Crippen LogP contribution in [0.25, 0.3) is 93.9 Å². The molecule has 2 heterocycles. The van der Waals surface area contributed by atoms with Gasteiger partial charge in [-0.3, -0.25) is 0 Å². The molecule has 2 aliphatic rings. The Labute approximate surface area is 326 Å². The summed E-state index contributed by atoms with van der Waals surface area (Å²) in [7, 11) is 0. The Morgan fingerprint density at radius 1 is 0.393 bits per heavy atom. The molecule has 0 radical (unpaired) electrons. The smallest absolute Gasteiger partial charge is 0.143 e. The number of hydrogen-bond donors (Lipinski definition) is 0. The molecule has 0 saturated heterocycles. The van der Waals surface area contributed by atoms with Gasteiger partial charge < -0.3 is 8.98 Å². The van der Waals surface area contributed by atoms with E-state index >= 15 is 0 Å². The molecule has 0 atom stereocenters. The van der Waals surface area contributed by atoms with Crippen molar-refractivity contribution in [1.29, 1.82) is 0 Å². The summed E-state index contributed by atoms with van der Waals surface area (Å²) in [5.41, 5.74) is 20.8. The molecule has 2 nitrogen and oxygen atoms in total. The fourth-order valence-corrected chi connectivity index (χ4v) is 10.3. The minimum atomic E-state index is -0.132. The van der Waals surface area contributed by atoms with Crippen LogP contribution in [-0.2, 0) is 10.8 Å². The maximum absolute atomic E-state index is 6.65. The molecule has 0 saturated carbocycles. The van der Waals surface area contributed by atoms with E-state index in [1.54, 1.807) is 0 Å². The summed E-state index contributed by atoms with van der Waals surface area (Å²) >= 11 is 0. The Bertz CT molecular complexity index is 3300. The van der Waals surface area contributed by atoms with Crippen LogP contribution in [0.5, 0.6) is 0 Å². The Kier molecular flexibility index (Phi) is 6.22. The molecule has 0 unspecified atom stereocenters. The van der Waals surface area contributed by atoms with E-state index in [0.29, 0.717) is 0 Å². The quantitative estimate of drug-likeness (QED) is 0.178. The first kappa shape index (κ1) is 31.7. The first-order chi connectivity index (χ1) is 27.3. The van der Waals surface area contributed by atoms with Crippen LogP contribution in [0, 0.1) is 0 Å². The van der Waals surface area contributed by atoms with Gasteiger partial charge in [-0.05, 0) is 110 Å². The van der Waals surface area contributed by atoms with Crippen LogP contribution < -0.4 is 0 Å². The van der Waals surface area contributed by atoms with Crippen LogP contribution in [0.15, 0.2) is 168 Å². The van der Waals surface area contributed by atoms with Crippen LogP contribution in [0.1, 0.15) is 49.9 Å². The van der Waals surface area contributed by atoms with E-state index in [9.17, 15) is 0 Å². The maximum Gasteiger partial charge on any atom is 0.143 e. The van der Waals surface area contributed by atoms with Crippen LogP contribution in [0.3, 0.4) is 0 Å². The van der Waals surface area contributed by atoms with E-state index in [2.05, 4.69) is 196 Å². The molecule has 266 valence electrons. The van der Waals surface area contributed by atoms with Gasteiger partial charge in [-0.15, -0.1) is 0 Å². The van der Waals surface area contributed by atoms with Crippen LogP contribution in [0.4, 0.5) is 0 Å². The predicted octanol–water partition coefficient (Wildman–Crippen LogP) is 14.6. The van der Waals surface area contributed by atoms with Crippen molar-refractivity contribution in [3.05, 3.63) is 186 Å². The second-order valence-corrected chi connectivity index (χ2v) is 16.9. The molecular weight excluding hydrogens is 679 g/mol. The van der Waals surface area contributed by atoms with Crippen molar-refractivity contribution in [1.82, 2.24) is 4.57 Å². The number of hydrogen-bond acceptors (Lipinski definition) is 1. The molecule has 0 N–H and O–H groups in total. The summed E-state index contributed by atoms with van der Waals surface area (Å²) in [6, 6.07) is 60.8. The molecule has 0 amide bonds. The van der Waals surface area contributed by atoms with Crippen molar-refractivity contribution in [2.75, 3.05) is 0 Å². The fraction of sp³-hybridized carbons (Fsp3) is 0.111. The van der Waals surface area contributed by atoms with Gasteiger partial charge >= 0.3 is 0 Å². The fourth-order valence-electron chi connectivity index (χ4n) is 10.3. The molecule has 2 heteroatoms. The Balaban J connectivity index is 1.07. The minimum absolute atomic E-state index is 0.0803. The first-order valence-electron chi connectivity index (χ1n) is 19.8. The van der Waals surface area contributed by atoms with E-state index in [0.717, 1.165) is 11.2 Å². The van der Waals surface area contributed by atoms with Crippen molar-refractivity contribution in [2.24, 2.45) is 0 Å².